The van der Waals surface area contributed by atoms with Crippen molar-refractivity contribution in [1.29, 1.82) is 0 Å². The Morgan fingerprint density at radius 1 is 1.53 bits per heavy atom. The molecule has 0 saturated carbocycles. The Morgan fingerprint density at radius 3 is 3.00 bits per heavy atom. The zero-order valence-electron chi connectivity index (χ0n) is 8.54. The molecule has 0 bridgehead atoms. The van der Waals surface area contributed by atoms with Gasteiger partial charge in [0.25, 0.3) is 0 Å². The lowest BCUT2D eigenvalue weighted by Gasteiger charge is -2.15. The van der Waals surface area contributed by atoms with Gasteiger partial charge in [-0.25, -0.2) is 0 Å². The summed E-state index contributed by atoms with van der Waals surface area (Å²) >= 11 is 0. The zero-order valence-corrected chi connectivity index (χ0v) is 8.54. The minimum absolute atomic E-state index is 0.0175. The monoisotopic (exact) mass is 209 g/mol. The highest BCUT2D eigenvalue weighted by molar-refractivity contribution is 5.79. The molecule has 0 radical (unpaired) electrons. The van der Waals surface area contributed by atoms with Crippen molar-refractivity contribution in [2.24, 2.45) is 5.73 Å². The van der Waals surface area contributed by atoms with E-state index in [1.165, 1.54) is 0 Å². The zero-order chi connectivity index (χ0) is 10.7. The summed E-state index contributed by atoms with van der Waals surface area (Å²) in [4.78, 5) is 13.2. The van der Waals surface area contributed by atoms with Crippen molar-refractivity contribution in [2.45, 2.75) is 25.4 Å². The maximum atomic E-state index is 11.4. The van der Waals surface area contributed by atoms with Gasteiger partial charge in [-0.3, -0.25) is 9.48 Å². The van der Waals surface area contributed by atoms with E-state index in [0.29, 0.717) is 13.0 Å². The molecule has 1 amide bonds. The van der Waals surface area contributed by atoms with E-state index in [4.69, 9.17) is 5.73 Å². The molecular weight excluding hydrogens is 194 g/mol. The number of aryl methyl sites for hydroxylation is 1. The number of amides is 1. The Balaban J connectivity index is 1.72. The average Bonchev–Trinajstić information content (AvgIpc) is 2.77. The van der Waals surface area contributed by atoms with Crippen molar-refractivity contribution >= 4 is 5.91 Å². The highest BCUT2D eigenvalue weighted by Gasteiger charge is 2.25. The van der Waals surface area contributed by atoms with Crippen molar-refractivity contribution in [1.82, 2.24) is 19.9 Å². The number of nitrogens with two attached hydrogens (primary N) is 1. The highest BCUT2D eigenvalue weighted by Crippen LogP contribution is 2.09. The Bertz CT molecular complexity index is 323. The summed E-state index contributed by atoms with van der Waals surface area (Å²) in [5.41, 5.74) is 5.69. The Kier molecular flexibility index (Phi) is 2.96. The number of rotatable bonds is 4. The van der Waals surface area contributed by atoms with Crippen molar-refractivity contribution in [3.05, 3.63) is 12.4 Å². The molecule has 1 saturated heterocycles. The maximum Gasteiger partial charge on any atom is 0.224 e. The van der Waals surface area contributed by atoms with E-state index in [0.717, 1.165) is 19.5 Å². The van der Waals surface area contributed by atoms with Crippen LogP contribution in [0.5, 0.6) is 0 Å². The maximum absolute atomic E-state index is 11.4. The number of carbonyl (C=O) groups is 1. The molecular formula is C9H15N5O. The molecule has 0 spiro atoms. The van der Waals surface area contributed by atoms with Crippen molar-refractivity contribution < 1.29 is 4.79 Å². The molecule has 1 fully saturated rings. The van der Waals surface area contributed by atoms with Crippen LogP contribution in [0.1, 0.15) is 12.8 Å². The smallest absolute Gasteiger partial charge is 0.224 e. The van der Waals surface area contributed by atoms with Gasteiger partial charge in [0.15, 0.2) is 0 Å². The highest BCUT2D eigenvalue weighted by atomic mass is 16.2. The third-order valence-electron chi connectivity index (χ3n) is 2.53. The van der Waals surface area contributed by atoms with E-state index < -0.39 is 0 Å². The second kappa shape index (κ2) is 4.39. The summed E-state index contributed by atoms with van der Waals surface area (Å²) in [5, 5.41) is 7.56. The lowest BCUT2D eigenvalue weighted by atomic mass is 10.3. The van der Waals surface area contributed by atoms with E-state index in [1.807, 2.05) is 11.1 Å². The van der Waals surface area contributed by atoms with Gasteiger partial charge in [-0.1, -0.05) is 5.21 Å². The topological polar surface area (TPSA) is 77.0 Å². The first-order valence-electron chi connectivity index (χ1n) is 5.13. The molecule has 1 aliphatic heterocycles. The van der Waals surface area contributed by atoms with Gasteiger partial charge >= 0.3 is 0 Å². The Morgan fingerprint density at radius 2 is 2.40 bits per heavy atom. The molecule has 2 rings (SSSR count). The number of likely N-dealkylation sites (tertiary alicyclic amines) is 1. The Labute approximate surface area is 88.0 Å². The van der Waals surface area contributed by atoms with Crippen LogP contribution in [-0.2, 0) is 11.3 Å². The van der Waals surface area contributed by atoms with Crippen LogP contribution in [0, 0.1) is 0 Å². The van der Waals surface area contributed by atoms with Crippen LogP contribution in [-0.4, -0.2) is 44.9 Å². The van der Waals surface area contributed by atoms with Gasteiger partial charge in [0.05, 0.1) is 6.20 Å². The first-order valence-corrected chi connectivity index (χ1v) is 5.13. The molecule has 15 heavy (non-hydrogen) atoms. The third-order valence-corrected chi connectivity index (χ3v) is 2.53. The number of aromatic nitrogens is 3. The van der Waals surface area contributed by atoms with Gasteiger partial charge in [0.1, 0.15) is 0 Å². The van der Waals surface area contributed by atoms with Gasteiger partial charge in [-0.05, 0) is 6.42 Å². The van der Waals surface area contributed by atoms with Crippen LogP contribution in [0.15, 0.2) is 12.4 Å². The summed E-state index contributed by atoms with van der Waals surface area (Å²) < 4.78 is 1.76. The fourth-order valence-electron chi connectivity index (χ4n) is 1.79. The number of nitrogens with zero attached hydrogens (tertiary/aromatic N) is 4. The molecule has 0 aliphatic carbocycles. The summed E-state index contributed by atoms with van der Waals surface area (Å²) in [7, 11) is 0. The first-order chi connectivity index (χ1) is 7.25. The van der Waals surface area contributed by atoms with E-state index in [-0.39, 0.29) is 11.9 Å². The van der Waals surface area contributed by atoms with Gasteiger partial charge < -0.3 is 10.6 Å². The van der Waals surface area contributed by atoms with Crippen LogP contribution in [0.25, 0.3) is 0 Å². The second-order valence-corrected chi connectivity index (χ2v) is 3.82. The molecule has 2 heterocycles. The molecule has 1 aliphatic rings. The summed E-state index contributed by atoms with van der Waals surface area (Å²) in [5.74, 6) is 0.168. The van der Waals surface area contributed by atoms with Crippen molar-refractivity contribution in [3.63, 3.8) is 0 Å². The van der Waals surface area contributed by atoms with Gasteiger partial charge in [-0.2, -0.15) is 0 Å². The minimum atomic E-state index is 0.0175. The number of carbonyl (C=O) groups excluding carboxylic acids is 1. The molecule has 1 aromatic heterocycles. The second-order valence-electron chi connectivity index (χ2n) is 3.82. The third kappa shape index (κ3) is 2.53. The molecule has 82 valence electrons. The van der Waals surface area contributed by atoms with Crippen LogP contribution in [0.4, 0.5) is 0 Å². The average molecular weight is 209 g/mol. The Hall–Kier alpha value is -1.43. The molecule has 1 aromatic rings. The molecule has 0 aromatic carbocycles. The largest absolute Gasteiger partial charge is 0.341 e. The first kappa shape index (κ1) is 10.1. The quantitative estimate of drug-likeness (QED) is 0.706. The lowest BCUT2D eigenvalue weighted by molar-refractivity contribution is -0.127. The van der Waals surface area contributed by atoms with Gasteiger partial charge in [0, 0.05) is 38.3 Å². The molecule has 1 unspecified atom stereocenters. The predicted octanol–water partition coefficient (Wildman–Crippen LogP) is -0.772. The van der Waals surface area contributed by atoms with E-state index in [1.54, 1.807) is 10.9 Å². The summed E-state index contributed by atoms with van der Waals surface area (Å²) in [6.07, 6.45) is 4.85. The predicted molar refractivity (Wildman–Crippen MR) is 53.8 cm³/mol. The fraction of sp³-hybridized carbons (Fsp3) is 0.667. The number of hydrogen-bond acceptors (Lipinski definition) is 4. The fourth-order valence-corrected chi connectivity index (χ4v) is 1.79. The van der Waals surface area contributed by atoms with Crippen LogP contribution < -0.4 is 5.73 Å². The molecule has 6 nitrogen and oxygen atoms in total. The number of hydrogen-bond donors (Lipinski definition) is 1. The minimum Gasteiger partial charge on any atom is -0.341 e. The summed E-state index contributed by atoms with van der Waals surface area (Å²) in [6, 6.07) is 0.0175. The standard InChI is InChI=1S/C9H15N5O/c10-8-6-9(15)13(7-8)3-1-4-14-5-2-11-12-14/h2,5,8H,1,3-4,6-7,10H2. The van der Waals surface area contributed by atoms with Crippen LogP contribution in [0.3, 0.4) is 0 Å². The summed E-state index contributed by atoms with van der Waals surface area (Å²) in [6.45, 7) is 2.24. The van der Waals surface area contributed by atoms with Crippen molar-refractivity contribution in [2.75, 3.05) is 13.1 Å². The van der Waals surface area contributed by atoms with E-state index in [2.05, 4.69) is 10.3 Å². The lowest BCUT2D eigenvalue weighted by Crippen LogP contribution is -2.29. The van der Waals surface area contributed by atoms with E-state index >= 15 is 0 Å². The van der Waals surface area contributed by atoms with Gasteiger partial charge in [0.2, 0.25) is 5.91 Å². The van der Waals surface area contributed by atoms with E-state index in [9.17, 15) is 4.79 Å². The van der Waals surface area contributed by atoms with Crippen LogP contribution in [0.2, 0.25) is 0 Å². The molecule has 1 atom stereocenters. The molecule has 2 N–H and O–H groups in total. The SMILES string of the molecule is NC1CC(=O)N(CCCn2ccnn2)C1. The van der Waals surface area contributed by atoms with Crippen LogP contribution >= 0.6 is 0 Å². The van der Waals surface area contributed by atoms with Gasteiger partial charge in [-0.15, -0.1) is 5.10 Å². The van der Waals surface area contributed by atoms with Crippen molar-refractivity contribution in [3.8, 4) is 0 Å². The molecule has 6 heteroatoms. The normalized spacial score (nSPS) is 21.3.